The molecule has 0 fully saturated rings. The van der Waals surface area contributed by atoms with E-state index in [1.807, 2.05) is 24.3 Å². The minimum Gasteiger partial charge on any atom is -0.467 e. The Balaban J connectivity index is 1.74. The standard InChI is InChI=1S/C18H18N2OS2/c1-14-5-2-6-15(11-14)19-18(22)20(12-16-7-3-9-21-16)13-17-8-4-10-23-17/h2-11H,12-13H2,1H3,(H,19,22). The lowest BCUT2D eigenvalue weighted by molar-refractivity contribution is 0.362. The van der Waals surface area contributed by atoms with E-state index in [-0.39, 0.29) is 0 Å². The van der Waals surface area contributed by atoms with E-state index in [1.54, 1.807) is 17.6 Å². The summed E-state index contributed by atoms with van der Waals surface area (Å²) in [4.78, 5) is 3.38. The highest BCUT2D eigenvalue weighted by atomic mass is 32.1. The number of hydrogen-bond donors (Lipinski definition) is 1. The normalized spacial score (nSPS) is 10.5. The predicted octanol–water partition coefficient (Wildman–Crippen LogP) is 5.05. The fourth-order valence-corrected chi connectivity index (χ4v) is 3.27. The van der Waals surface area contributed by atoms with E-state index >= 15 is 0 Å². The number of anilines is 1. The molecule has 1 aromatic carbocycles. The van der Waals surface area contributed by atoms with Crippen molar-refractivity contribution in [3.63, 3.8) is 0 Å². The van der Waals surface area contributed by atoms with E-state index < -0.39 is 0 Å². The highest BCUT2D eigenvalue weighted by molar-refractivity contribution is 7.80. The van der Waals surface area contributed by atoms with Crippen LogP contribution in [0, 0.1) is 6.92 Å². The zero-order valence-electron chi connectivity index (χ0n) is 12.9. The van der Waals surface area contributed by atoms with E-state index in [9.17, 15) is 0 Å². The van der Waals surface area contributed by atoms with E-state index in [1.165, 1.54) is 10.4 Å². The average molecular weight is 342 g/mol. The molecular formula is C18H18N2OS2. The van der Waals surface area contributed by atoms with Crippen LogP contribution in [-0.2, 0) is 13.1 Å². The van der Waals surface area contributed by atoms with Gasteiger partial charge in [0, 0.05) is 10.6 Å². The van der Waals surface area contributed by atoms with Crippen LogP contribution in [-0.4, -0.2) is 10.0 Å². The molecule has 23 heavy (non-hydrogen) atoms. The van der Waals surface area contributed by atoms with Crippen molar-refractivity contribution >= 4 is 34.4 Å². The number of thiophene rings is 1. The highest BCUT2D eigenvalue weighted by Gasteiger charge is 2.13. The van der Waals surface area contributed by atoms with Gasteiger partial charge in [0.15, 0.2) is 5.11 Å². The Hall–Kier alpha value is -2.11. The van der Waals surface area contributed by atoms with Crippen molar-refractivity contribution in [2.45, 2.75) is 20.0 Å². The number of rotatable bonds is 5. The third-order valence-corrected chi connectivity index (χ3v) is 4.63. The van der Waals surface area contributed by atoms with Crippen molar-refractivity contribution in [2.75, 3.05) is 5.32 Å². The number of aryl methyl sites for hydroxylation is 1. The van der Waals surface area contributed by atoms with Crippen LogP contribution in [0.4, 0.5) is 5.69 Å². The van der Waals surface area contributed by atoms with E-state index in [4.69, 9.17) is 16.6 Å². The summed E-state index contributed by atoms with van der Waals surface area (Å²) in [6.07, 6.45) is 1.69. The Morgan fingerprint density at radius 3 is 2.78 bits per heavy atom. The van der Waals surface area contributed by atoms with Crippen LogP contribution in [0.1, 0.15) is 16.2 Å². The van der Waals surface area contributed by atoms with Crippen LogP contribution in [0.15, 0.2) is 64.6 Å². The van der Waals surface area contributed by atoms with Gasteiger partial charge >= 0.3 is 0 Å². The molecule has 2 aromatic heterocycles. The largest absolute Gasteiger partial charge is 0.467 e. The maximum Gasteiger partial charge on any atom is 0.174 e. The van der Waals surface area contributed by atoms with Gasteiger partial charge in [-0.15, -0.1) is 11.3 Å². The lowest BCUT2D eigenvalue weighted by atomic mass is 10.2. The van der Waals surface area contributed by atoms with Gasteiger partial charge in [0.1, 0.15) is 5.76 Å². The number of hydrogen-bond acceptors (Lipinski definition) is 3. The predicted molar refractivity (Wildman–Crippen MR) is 99.7 cm³/mol. The highest BCUT2D eigenvalue weighted by Crippen LogP contribution is 2.17. The average Bonchev–Trinajstić information content (AvgIpc) is 3.20. The van der Waals surface area contributed by atoms with Gasteiger partial charge in [-0.3, -0.25) is 0 Å². The van der Waals surface area contributed by atoms with Gasteiger partial charge in [0.25, 0.3) is 0 Å². The van der Waals surface area contributed by atoms with E-state index in [0.717, 1.165) is 18.0 Å². The second kappa shape index (κ2) is 7.44. The second-order valence-electron chi connectivity index (χ2n) is 5.31. The molecule has 3 rings (SSSR count). The number of furan rings is 1. The summed E-state index contributed by atoms with van der Waals surface area (Å²) in [5, 5.41) is 6.10. The van der Waals surface area contributed by atoms with Crippen LogP contribution in [0.5, 0.6) is 0 Å². The molecule has 0 aliphatic heterocycles. The summed E-state index contributed by atoms with van der Waals surface area (Å²) in [6, 6.07) is 16.2. The molecule has 3 aromatic rings. The quantitative estimate of drug-likeness (QED) is 0.657. The molecule has 0 bridgehead atoms. The Morgan fingerprint density at radius 2 is 2.09 bits per heavy atom. The molecule has 3 nitrogen and oxygen atoms in total. The molecule has 0 amide bonds. The second-order valence-corrected chi connectivity index (χ2v) is 6.73. The van der Waals surface area contributed by atoms with Gasteiger partial charge in [0.05, 0.1) is 19.4 Å². The summed E-state index contributed by atoms with van der Waals surface area (Å²) in [7, 11) is 0. The van der Waals surface area contributed by atoms with Gasteiger partial charge in [-0.25, -0.2) is 0 Å². The van der Waals surface area contributed by atoms with E-state index in [0.29, 0.717) is 11.7 Å². The van der Waals surface area contributed by atoms with Gasteiger partial charge in [-0.2, -0.15) is 0 Å². The molecule has 0 saturated heterocycles. The summed E-state index contributed by atoms with van der Waals surface area (Å²) in [6.45, 7) is 3.47. The minimum absolute atomic E-state index is 0.641. The Kier molecular flexibility index (Phi) is 5.10. The molecule has 0 spiro atoms. The SMILES string of the molecule is Cc1cccc(NC(=S)N(Cc2ccco2)Cc2cccs2)c1. The lowest BCUT2D eigenvalue weighted by Gasteiger charge is -2.24. The van der Waals surface area contributed by atoms with Crippen molar-refractivity contribution in [3.8, 4) is 0 Å². The van der Waals surface area contributed by atoms with Crippen LogP contribution < -0.4 is 5.32 Å². The molecule has 0 saturated carbocycles. The van der Waals surface area contributed by atoms with Crippen LogP contribution in [0.3, 0.4) is 0 Å². The lowest BCUT2D eigenvalue weighted by Crippen LogP contribution is -2.33. The molecule has 118 valence electrons. The maximum absolute atomic E-state index is 5.62. The molecule has 1 N–H and O–H groups in total. The summed E-state index contributed by atoms with van der Waals surface area (Å²) in [5.74, 6) is 0.898. The third kappa shape index (κ3) is 4.43. The molecule has 0 atom stereocenters. The molecule has 0 unspecified atom stereocenters. The van der Waals surface area contributed by atoms with Crippen LogP contribution in [0.25, 0.3) is 0 Å². The van der Waals surface area contributed by atoms with E-state index in [2.05, 4.69) is 46.8 Å². The molecular weight excluding hydrogens is 324 g/mol. The van der Waals surface area contributed by atoms with Crippen molar-refractivity contribution < 1.29 is 4.42 Å². The number of thiocarbonyl (C=S) groups is 1. The summed E-state index contributed by atoms with van der Waals surface area (Å²) in [5.41, 5.74) is 2.21. The van der Waals surface area contributed by atoms with Gasteiger partial charge in [-0.05, 0) is 60.4 Å². The van der Waals surface area contributed by atoms with Gasteiger partial charge in [-0.1, -0.05) is 18.2 Å². The third-order valence-electron chi connectivity index (χ3n) is 3.41. The first-order valence-corrected chi connectivity index (χ1v) is 8.67. The van der Waals surface area contributed by atoms with Gasteiger partial charge < -0.3 is 14.6 Å². The van der Waals surface area contributed by atoms with Crippen molar-refractivity contribution in [3.05, 3.63) is 76.4 Å². The fourth-order valence-electron chi connectivity index (χ4n) is 2.31. The Labute approximate surface area is 145 Å². The molecule has 0 aliphatic carbocycles. The topological polar surface area (TPSA) is 28.4 Å². The molecule has 5 heteroatoms. The first-order chi connectivity index (χ1) is 11.2. The first kappa shape index (κ1) is 15.8. The smallest absolute Gasteiger partial charge is 0.174 e. The van der Waals surface area contributed by atoms with Crippen molar-refractivity contribution in [1.29, 1.82) is 0 Å². The molecule has 2 heterocycles. The van der Waals surface area contributed by atoms with Crippen LogP contribution >= 0.6 is 23.6 Å². The Morgan fingerprint density at radius 1 is 1.17 bits per heavy atom. The van der Waals surface area contributed by atoms with Crippen molar-refractivity contribution in [1.82, 2.24) is 4.90 Å². The number of benzene rings is 1. The van der Waals surface area contributed by atoms with Crippen molar-refractivity contribution in [2.24, 2.45) is 0 Å². The zero-order valence-corrected chi connectivity index (χ0v) is 14.5. The maximum atomic E-state index is 5.62. The number of nitrogens with one attached hydrogen (secondary N) is 1. The molecule has 0 radical (unpaired) electrons. The zero-order chi connectivity index (χ0) is 16.1. The molecule has 0 aliphatic rings. The first-order valence-electron chi connectivity index (χ1n) is 7.38. The van der Waals surface area contributed by atoms with Crippen LogP contribution in [0.2, 0.25) is 0 Å². The monoisotopic (exact) mass is 342 g/mol. The summed E-state index contributed by atoms with van der Waals surface area (Å²) < 4.78 is 5.48. The fraction of sp³-hybridized carbons (Fsp3) is 0.167. The number of nitrogens with zero attached hydrogens (tertiary/aromatic N) is 1. The van der Waals surface area contributed by atoms with Gasteiger partial charge in [0.2, 0.25) is 0 Å². The summed E-state index contributed by atoms with van der Waals surface area (Å²) >= 11 is 7.36. The minimum atomic E-state index is 0.641. The Bertz CT molecular complexity index is 715.